The number of benzene rings is 1. The molecule has 3 aromatic rings. The SMILES string of the molecule is O=C(NCc1ccc(Cl)cc1)N1CCN(C(=O)c2cnn3ccccc23)CC1. The van der Waals surface area contributed by atoms with Crippen molar-refractivity contribution in [2.24, 2.45) is 0 Å². The van der Waals surface area contributed by atoms with Gasteiger partial charge in [-0.3, -0.25) is 4.79 Å². The summed E-state index contributed by atoms with van der Waals surface area (Å²) in [6.07, 6.45) is 3.41. The lowest BCUT2D eigenvalue weighted by atomic mass is 10.2. The monoisotopic (exact) mass is 397 g/mol. The van der Waals surface area contributed by atoms with Crippen molar-refractivity contribution in [3.05, 3.63) is 71.0 Å². The molecule has 2 aromatic heterocycles. The minimum atomic E-state index is -0.127. The maximum Gasteiger partial charge on any atom is 0.317 e. The molecule has 144 valence electrons. The van der Waals surface area contributed by atoms with Crippen molar-refractivity contribution in [1.82, 2.24) is 24.7 Å². The van der Waals surface area contributed by atoms with Gasteiger partial charge in [-0.2, -0.15) is 5.10 Å². The number of amides is 3. The van der Waals surface area contributed by atoms with E-state index in [1.807, 2.05) is 36.5 Å². The highest BCUT2D eigenvalue weighted by molar-refractivity contribution is 6.30. The van der Waals surface area contributed by atoms with Gasteiger partial charge in [-0.05, 0) is 29.8 Å². The predicted molar refractivity (Wildman–Crippen MR) is 106 cm³/mol. The van der Waals surface area contributed by atoms with Gasteiger partial charge in [0.05, 0.1) is 17.3 Å². The fourth-order valence-corrected chi connectivity index (χ4v) is 3.40. The molecule has 28 heavy (non-hydrogen) atoms. The molecule has 0 unspecified atom stereocenters. The van der Waals surface area contributed by atoms with Crippen LogP contribution < -0.4 is 5.32 Å². The topological polar surface area (TPSA) is 70.0 Å². The van der Waals surface area contributed by atoms with Crippen molar-refractivity contribution < 1.29 is 9.59 Å². The minimum Gasteiger partial charge on any atom is -0.335 e. The molecular weight excluding hydrogens is 378 g/mol. The van der Waals surface area contributed by atoms with E-state index < -0.39 is 0 Å². The Morgan fingerprint density at radius 1 is 1.00 bits per heavy atom. The second-order valence-corrected chi connectivity index (χ2v) is 7.09. The summed E-state index contributed by atoms with van der Waals surface area (Å²) >= 11 is 5.87. The maximum atomic E-state index is 12.8. The Morgan fingerprint density at radius 2 is 1.71 bits per heavy atom. The highest BCUT2D eigenvalue weighted by Crippen LogP contribution is 2.15. The Bertz CT molecular complexity index is 993. The largest absolute Gasteiger partial charge is 0.335 e. The smallest absolute Gasteiger partial charge is 0.317 e. The van der Waals surface area contributed by atoms with E-state index in [-0.39, 0.29) is 11.9 Å². The van der Waals surface area contributed by atoms with E-state index in [4.69, 9.17) is 11.6 Å². The summed E-state index contributed by atoms with van der Waals surface area (Å²) in [5, 5.41) is 7.80. The predicted octanol–water partition coefficient (Wildman–Crippen LogP) is 2.66. The van der Waals surface area contributed by atoms with Crippen LogP contribution in [0.1, 0.15) is 15.9 Å². The quantitative estimate of drug-likeness (QED) is 0.738. The lowest BCUT2D eigenvalue weighted by molar-refractivity contribution is 0.0667. The Morgan fingerprint density at radius 3 is 2.46 bits per heavy atom. The van der Waals surface area contributed by atoms with E-state index in [0.717, 1.165) is 11.1 Å². The van der Waals surface area contributed by atoms with Crippen LogP contribution in [0.15, 0.2) is 54.9 Å². The number of hydrogen-bond donors (Lipinski definition) is 1. The zero-order valence-corrected chi connectivity index (χ0v) is 16.0. The average Bonchev–Trinajstić information content (AvgIpc) is 3.17. The molecule has 0 radical (unpaired) electrons. The second-order valence-electron chi connectivity index (χ2n) is 6.65. The van der Waals surface area contributed by atoms with Crippen molar-refractivity contribution in [1.29, 1.82) is 0 Å². The first-order valence-electron chi connectivity index (χ1n) is 9.11. The summed E-state index contributed by atoms with van der Waals surface area (Å²) in [5.74, 6) is -0.0533. The Kier molecular flexibility index (Phi) is 5.16. The number of nitrogens with one attached hydrogen (secondary N) is 1. The van der Waals surface area contributed by atoms with Crippen LogP contribution in [0, 0.1) is 0 Å². The molecule has 1 N–H and O–H groups in total. The van der Waals surface area contributed by atoms with Gasteiger partial charge in [0.15, 0.2) is 0 Å². The third-order valence-electron chi connectivity index (χ3n) is 4.87. The van der Waals surface area contributed by atoms with Gasteiger partial charge in [-0.15, -0.1) is 0 Å². The summed E-state index contributed by atoms with van der Waals surface area (Å²) in [6.45, 7) is 2.43. The van der Waals surface area contributed by atoms with Crippen LogP contribution in [-0.4, -0.2) is 57.5 Å². The second kappa shape index (κ2) is 7.90. The molecule has 3 amide bonds. The zero-order valence-electron chi connectivity index (χ0n) is 15.2. The van der Waals surface area contributed by atoms with Crippen molar-refractivity contribution >= 4 is 29.1 Å². The van der Waals surface area contributed by atoms with E-state index in [9.17, 15) is 9.59 Å². The van der Waals surface area contributed by atoms with Crippen LogP contribution in [0.2, 0.25) is 5.02 Å². The van der Waals surface area contributed by atoms with E-state index in [0.29, 0.717) is 43.3 Å². The Labute approximate surface area is 167 Å². The summed E-state index contributed by atoms with van der Waals surface area (Å²) < 4.78 is 1.69. The lowest BCUT2D eigenvalue weighted by Gasteiger charge is -2.34. The fraction of sp³-hybridized carbons (Fsp3) is 0.250. The number of urea groups is 1. The number of fused-ring (bicyclic) bond motifs is 1. The van der Waals surface area contributed by atoms with Crippen LogP contribution in [0.4, 0.5) is 4.79 Å². The van der Waals surface area contributed by atoms with Crippen LogP contribution >= 0.6 is 11.6 Å². The molecule has 1 aliphatic heterocycles. The maximum absolute atomic E-state index is 12.8. The molecule has 1 aromatic carbocycles. The minimum absolute atomic E-state index is 0.0533. The molecule has 1 aliphatic rings. The molecule has 8 heteroatoms. The first kappa shape index (κ1) is 18.3. The number of piperazine rings is 1. The first-order valence-corrected chi connectivity index (χ1v) is 9.48. The number of aromatic nitrogens is 2. The van der Waals surface area contributed by atoms with Crippen LogP contribution in [0.25, 0.3) is 5.52 Å². The van der Waals surface area contributed by atoms with Crippen LogP contribution in [-0.2, 0) is 6.54 Å². The number of pyridine rings is 1. The van der Waals surface area contributed by atoms with Gasteiger partial charge >= 0.3 is 6.03 Å². The molecule has 0 saturated carbocycles. The lowest BCUT2D eigenvalue weighted by Crippen LogP contribution is -2.53. The van der Waals surface area contributed by atoms with Crippen molar-refractivity contribution in [2.45, 2.75) is 6.54 Å². The van der Waals surface area contributed by atoms with E-state index in [2.05, 4.69) is 10.4 Å². The highest BCUT2D eigenvalue weighted by Gasteiger charge is 2.26. The van der Waals surface area contributed by atoms with Crippen molar-refractivity contribution in [2.75, 3.05) is 26.2 Å². The number of carbonyl (C=O) groups excluding carboxylic acids is 2. The van der Waals surface area contributed by atoms with Crippen molar-refractivity contribution in [3.63, 3.8) is 0 Å². The molecule has 0 spiro atoms. The number of halogens is 1. The number of hydrogen-bond acceptors (Lipinski definition) is 3. The van der Waals surface area contributed by atoms with Gasteiger partial charge in [-0.1, -0.05) is 29.8 Å². The Hall–Kier alpha value is -3.06. The Balaban J connectivity index is 1.32. The van der Waals surface area contributed by atoms with E-state index >= 15 is 0 Å². The standard InChI is InChI=1S/C20H20ClN5O2/c21-16-6-4-15(5-7-16)13-22-20(28)25-11-9-24(10-12-25)19(27)17-14-23-26-8-2-1-3-18(17)26/h1-8,14H,9-13H2,(H,22,28). The molecule has 0 bridgehead atoms. The van der Waals surface area contributed by atoms with Gasteiger partial charge in [0, 0.05) is 43.9 Å². The third-order valence-corrected chi connectivity index (χ3v) is 5.12. The normalized spacial score (nSPS) is 14.3. The van der Waals surface area contributed by atoms with Gasteiger partial charge in [0.25, 0.3) is 5.91 Å². The molecule has 7 nitrogen and oxygen atoms in total. The summed E-state index contributed by atoms with van der Waals surface area (Å²) in [5.41, 5.74) is 2.36. The van der Waals surface area contributed by atoms with Gasteiger partial charge in [0.2, 0.25) is 0 Å². The van der Waals surface area contributed by atoms with E-state index in [1.165, 1.54) is 0 Å². The van der Waals surface area contributed by atoms with Gasteiger partial charge in [0.1, 0.15) is 0 Å². The van der Waals surface area contributed by atoms with Gasteiger partial charge in [-0.25, -0.2) is 9.31 Å². The zero-order chi connectivity index (χ0) is 19.5. The number of rotatable bonds is 3. The van der Waals surface area contributed by atoms with E-state index in [1.54, 1.807) is 32.6 Å². The summed E-state index contributed by atoms with van der Waals surface area (Å²) in [6, 6.07) is 12.9. The molecule has 0 aliphatic carbocycles. The fourth-order valence-electron chi connectivity index (χ4n) is 3.27. The van der Waals surface area contributed by atoms with Crippen LogP contribution in [0.3, 0.4) is 0 Å². The first-order chi connectivity index (χ1) is 13.6. The molecule has 1 fully saturated rings. The average molecular weight is 398 g/mol. The van der Waals surface area contributed by atoms with Gasteiger partial charge < -0.3 is 15.1 Å². The highest BCUT2D eigenvalue weighted by atomic mass is 35.5. The third kappa shape index (κ3) is 3.80. The van der Waals surface area contributed by atoms with Crippen LogP contribution in [0.5, 0.6) is 0 Å². The summed E-state index contributed by atoms with van der Waals surface area (Å²) in [7, 11) is 0. The summed E-state index contributed by atoms with van der Waals surface area (Å²) in [4.78, 5) is 28.7. The molecular formula is C20H20ClN5O2. The molecule has 0 atom stereocenters. The number of carbonyl (C=O) groups is 2. The molecule has 3 heterocycles. The van der Waals surface area contributed by atoms with Crippen molar-refractivity contribution in [3.8, 4) is 0 Å². The number of nitrogens with zero attached hydrogens (tertiary/aromatic N) is 4. The molecule has 4 rings (SSSR count). The molecule has 1 saturated heterocycles.